The Labute approximate surface area is 338 Å². The van der Waals surface area contributed by atoms with Gasteiger partial charge in [-0.1, -0.05) is 32.1 Å². The van der Waals surface area contributed by atoms with Crippen LogP contribution in [0.2, 0.25) is 0 Å². The molecule has 58 heavy (non-hydrogen) atoms. The van der Waals surface area contributed by atoms with E-state index < -0.39 is 76.9 Å². The first-order chi connectivity index (χ1) is 27.8. The molecule has 6 amide bonds. The Morgan fingerprint density at radius 3 is 1.95 bits per heavy atom. The average molecular weight is 815 g/mol. The fourth-order valence-electron chi connectivity index (χ4n) is 8.42. The number of halogens is 2. The van der Waals surface area contributed by atoms with Crippen molar-refractivity contribution in [3.63, 3.8) is 0 Å². The number of guanidine groups is 1. The van der Waals surface area contributed by atoms with Crippen LogP contribution in [0.15, 0.2) is 23.2 Å². The Hall–Kier alpha value is -4.87. The van der Waals surface area contributed by atoms with Crippen molar-refractivity contribution in [2.75, 3.05) is 26.2 Å². The molecule has 1 aromatic carbocycles. The normalized spacial score (nSPS) is 27.1. The lowest BCUT2D eigenvalue weighted by atomic mass is 9.75. The smallest absolute Gasteiger partial charge is 0.246 e. The van der Waals surface area contributed by atoms with Gasteiger partial charge in [-0.15, -0.1) is 0 Å². The Bertz CT molecular complexity index is 1670. The van der Waals surface area contributed by atoms with E-state index in [9.17, 15) is 37.5 Å². The highest BCUT2D eigenvalue weighted by molar-refractivity contribution is 5.99. The second kappa shape index (κ2) is 20.7. The molecule has 0 radical (unpaired) electrons. The third-order valence-electron chi connectivity index (χ3n) is 11.8. The summed E-state index contributed by atoms with van der Waals surface area (Å²) in [6.07, 6.45) is 8.53. The molecule has 5 rings (SSSR count). The van der Waals surface area contributed by atoms with Gasteiger partial charge in [0, 0.05) is 38.7 Å². The summed E-state index contributed by atoms with van der Waals surface area (Å²) in [5.41, 5.74) is 16.1. The number of aliphatic imine (C=N–C) groups is 1. The van der Waals surface area contributed by atoms with Crippen LogP contribution in [0.1, 0.15) is 108 Å². The molecule has 16 nitrogen and oxygen atoms in total. The first kappa shape index (κ1) is 44.2. The number of nitrogens with one attached hydrogen (secondary N) is 4. The monoisotopic (exact) mass is 814 g/mol. The van der Waals surface area contributed by atoms with E-state index in [1.54, 1.807) is 0 Å². The molecule has 4 fully saturated rings. The van der Waals surface area contributed by atoms with Gasteiger partial charge in [-0.05, 0) is 88.3 Å². The first-order valence-corrected chi connectivity index (χ1v) is 20.9. The molecular formula is C40H60F2N10O6. The van der Waals surface area contributed by atoms with E-state index in [-0.39, 0.29) is 62.6 Å². The van der Waals surface area contributed by atoms with E-state index in [0.717, 1.165) is 44.2 Å². The van der Waals surface area contributed by atoms with Crippen molar-refractivity contribution in [1.29, 1.82) is 0 Å². The van der Waals surface area contributed by atoms with Crippen LogP contribution in [0.5, 0.6) is 0 Å². The third-order valence-corrected chi connectivity index (χ3v) is 11.8. The van der Waals surface area contributed by atoms with Gasteiger partial charge in [0.1, 0.15) is 41.3 Å². The van der Waals surface area contributed by atoms with Gasteiger partial charge in [-0.25, -0.2) is 8.78 Å². The molecule has 1 spiro atoms. The van der Waals surface area contributed by atoms with Gasteiger partial charge in [-0.2, -0.15) is 0 Å². The Morgan fingerprint density at radius 2 is 1.33 bits per heavy atom. The Balaban J connectivity index is 1.39. The van der Waals surface area contributed by atoms with Crippen LogP contribution in [0.25, 0.3) is 0 Å². The van der Waals surface area contributed by atoms with Crippen LogP contribution in [0.4, 0.5) is 8.78 Å². The average Bonchev–Trinajstić information content (AvgIpc) is 3.86. The summed E-state index contributed by atoms with van der Waals surface area (Å²) in [7, 11) is 0. The minimum atomic E-state index is -1.36. The van der Waals surface area contributed by atoms with Crippen molar-refractivity contribution in [3.8, 4) is 0 Å². The molecule has 1 aromatic rings. The summed E-state index contributed by atoms with van der Waals surface area (Å²) in [5, 5.41) is 11.5. The van der Waals surface area contributed by atoms with E-state index in [1.807, 2.05) is 0 Å². The van der Waals surface area contributed by atoms with E-state index in [4.69, 9.17) is 17.2 Å². The van der Waals surface area contributed by atoms with E-state index in [1.165, 1.54) is 9.80 Å². The first-order valence-electron chi connectivity index (χ1n) is 20.9. The molecule has 18 heteroatoms. The minimum Gasteiger partial charge on any atom is -0.370 e. The van der Waals surface area contributed by atoms with Crippen LogP contribution in [-0.2, 0) is 35.2 Å². The van der Waals surface area contributed by atoms with Gasteiger partial charge >= 0.3 is 0 Å². The SMILES string of the molecule is NC(N)=NCCC[C@@H]1NC(=O)C2(CCC2)NC(=O)[C@@H]2CCCN2C(=O)[C@H](Cc2cc(F)cc(F)c2)NC(=O)[C@@H](N)CCCCCCCCNC(=O)[C@@H]2CCCN2C1=O. The van der Waals surface area contributed by atoms with Gasteiger partial charge in [0.05, 0.1) is 6.04 Å². The molecule has 0 unspecified atom stereocenters. The molecule has 4 aliphatic rings. The maximum Gasteiger partial charge on any atom is 0.246 e. The zero-order chi connectivity index (χ0) is 41.8. The lowest BCUT2D eigenvalue weighted by molar-refractivity contribution is -0.146. The number of hydrogen-bond donors (Lipinski definition) is 7. The molecule has 1 saturated carbocycles. The Kier molecular flexibility index (Phi) is 15.8. The summed E-state index contributed by atoms with van der Waals surface area (Å²) in [6, 6.07) is -2.07. The third kappa shape index (κ3) is 11.6. The molecule has 3 aliphatic heterocycles. The summed E-state index contributed by atoms with van der Waals surface area (Å²) in [6.45, 7) is 1.18. The maximum absolute atomic E-state index is 14.3. The quantitative estimate of drug-likeness (QED) is 0.121. The summed E-state index contributed by atoms with van der Waals surface area (Å²) >= 11 is 0. The molecule has 3 heterocycles. The highest BCUT2D eigenvalue weighted by Gasteiger charge is 2.49. The van der Waals surface area contributed by atoms with Crippen LogP contribution < -0.4 is 38.5 Å². The molecule has 3 saturated heterocycles. The highest BCUT2D eigenvalue weighted by Crippen LogP contribution is 2.34. The molecule has 10 N–H and O–H groups in total. The van der Waals surface area contributed by atoms with E-state index in [0.29, 0.717) is 64.1 Å². The fourth-order valence-corrected chi connectivity index (χ4v) is 8.42. The summed E-state index contributed by atoms with van der Waals surface area (Å²) in [5.74, 6) is -4.79. The molecule has 0 aromatic heterocycles. The van der Waals surface area contributed by atoms with Crippen LogP contribution >= 0.6 is 0 Å². The van der Waals surface area contributed by atoms with Crippen molar-refractivity contribution >= 4 is 41.4 Å². The summed E-state index contributed by atoms with van der Waals surface area (Å²) in [4.78, 5) is 90.2. The molecule has 0 bridgehead atoms. The lowest BCUT2D eigenvalue weighted by Crippen LogP contribution is -2.67. The number of amides is 6. The second-order valence-electron chi connectivity index (χ2n) is 16.1. The number of carbonyl (C=O) groups is 6. The van der Waals surface area contributed by atoms with Gasteiger partial charge < -0.3 is 48.3 Å². The number of nitrogens with two attached hydrogens (primary N) is 3. The molecule has 5 atom stereocenters. The van der Waals surface area contributed by atoms with E-state index in [2.05, 4.69) is 26.3 Å². The van der Waals surface area contributed by atoms with Crippen molar-refractivity contribution in [2.45, 2.75) is 145 Å². The number of carbonyl (C=O) groups excluding carboxylic acids is 6. The summed E-state index contributed by atoms with van der Waals surface area (Å²) < 4.78 is 28.5. The fraction of sp³-hybridized carbons (Fsp3) is 0.675. The number of nitrogens with zero attached hydrogens (tertiary/aromatic N) is 3. The zero-order valence-corrected chi connectivity index (χ0v) is 33.2. The van der Waals surface area contributed by atoms with Crippen molar-refractivity contribution in [2.24, 2.45) is 22.2 Å². The van der Waals surface area contributed by atoms with Gasteiger partial charge in [0.25, 0.3) is 0 Å². The largest absolute Gasteiger partial charge is 0.370 e. The number of benzene rings is 1. The number of fused-ring (bicyclic) bond motifs is 2. The van der Waals surface area contributed by atoms with Crippen molar-refractivity contribution < 1.29 is 37.5 Å². The second-order valence-corrected chi connectivity index (χ2v) is 16.1. The number of rotatable bonds is 6. The van der Waals surface area contributed by atoms with Crippen molar-refractivity contribution in [1.82, 2.24) is 31.1 Å². The molecule has 320 valence electrons. The predicted octanol–water partition coefficient (Wildman–Crippen LogP) is 0.739. The molecular weight excluding hydrogens is 754 g/mol. The van der Waals surface area contributed by atoms with Crippen LogP contribution in [0, 0.1) is 11.6 Å². The molecule has 1 aliphatic carbocycles. The highest BCUT2D eigenvalue weighted by atomic mass is 19.1. The zero-order valence-electron chi connectivity index (χ0n) is 33.2. The lowest BCUT2D eigenvalue weighted by Gasteiger charge is -2.43. The van der Waals surface area contributed by atoms with E-state index >= 15 is 0 Å². The topological polar surface area (TPSA) is 247 Å². The van der Waals surface area contributed by atoms with Crippen LogP contribution in [0.3, 0.4) is 0 Å². The standard InChI is InChI=1S/C40H60F2N10O6/c41-26-21-25(22-27(42)24-26)23-30-37(57)52-20-9-14-32(52)35(55)50-40(15-10-16-40)38(58)49-29(12-7-18-47-39(44)45)36(56)51-19-8-13-31(51)34(54)46-17-6-4-2-1-3-5-11-28(43)33(53)48-30/h21-22,24,28-32H,1-20,23,43H2,(H,46,54)(H,48,53)(H,49,58)(H,50,55)(H4,44,45,47)/t28-,29-,30-,31-,32-/m0/s1. The van der Waals surface area contributed by atoms with Gasteiger partial charge in [0.15, 0.2) is 5.96 Å². The van der Waals surface area contributed by atoms with Gasteiger partial charge in [0.2, 0.25) is 35.4 Å². The minimum absolute atomic E-state index is 0.109. The Morgan fingerprint density at radius 1 is 0.724 bits per heavy atom. The number of hydrogen-bond acceptors (Lipinski definition) is 8. The maximum atomic E-state index is 14.3. The van der Waals surface area contributed by atoms with Gasteiger partial charge in [-0.3, -0.25) is 33.8 Å². The van der Waals surface area contributed by atoms with Crippen molar-refractivity contribution in [3.05, 3.63) is 35.4 Å². The predicted molar refractivity (Wildman–Crippen MR) is 211 cm³/mol. The van der Waals surface area contributed by atoms with Crippen LogP contribution in [-0.4, -0.2) is 113 Å².